The molecule has 0 saturated heterocycles. The van der Waals surface area contributed by atoms with E-state index in [0.717, 1.165) is 29.5 Å². The van der Waals surface area contributed by atoms with Gasteiger partial charge in [-0.25, -0.2) is 22.9 Å². The van der Waals surface area contributed by atoms with Crippen LogP contribution < -0.4 is 5.32 Å². The molecule has 1 atom stereocenters. The lowest BCUT2D eigenvalue weighted by atomic mass is 10.0. The summed E-state index contributed by atoms with van der Waals surface area (Å²) in [6.07, 6.45) is 0.797. The van der Waals surface area contributed by atoms with E-state index in [-0.39, 0.29) is 33.6 Å². The fourth-order valence-electron chi connectivity index (χ4n) is 3.56. The maximum Gasteiger partial charge on any atom is 0.331 e. The summed E-state index contributed by atoms with van der Waals surface area (Å²) in [5.74, 6) is -4.88. The van der Waals surface area contributed by atoms with Crippen LogP contribution in [0, 0.1) is 17.5 Å². The van der Waals surface area contributed by atoms with Crippen molar-refractivity contribution in [1.29, 1.82) is 0 Å². The third-order valence-electron chi connectivity index (χ3n) is 5.53. The minimum absolute atomic E-state index is 0.0382. The molecule has 0 aliphatic heterocycles. The summed E-state index contributed by atoms with van der Waals surface area (Å²) >= 11 is 1.01. The van der Waals surface area contributed by atoms with Crippen molar-refractivity contribution in [2.24, 2.45) is 0 Å². The van der Waals surface area contributed by atoms with Crippen LogP contribution in [0.2, 0.25) is 0 Å². The lowest BCUT2D eigenvalue weighted by molar-refractivity contribution is -0.132. The van der Waals surface area contributed by atoms with Gasteiger partial charge in [0, 0.05) is 53.3 Å². The summed E-state index contributed by atoms with van der Waals surface area (Å²) in [6, 6.07) is 6.44. The van der Waals surface area contributed by atoms with Crippen molar-refractivity contribution in [1.82, 2.24) is 4.98 Å². The molecule has 202 valence electrons. The van der Waals surface area contributed by atoms with Crippen LogP contribution >= 0.6 is 11.3 Å². The molecule has 0 aliphatic rings. The Morgan fingerprint density at radius 2 is 1.87 bits per heavy atom. The first-order chi connectivity index (χ1) is 18.0. The Morgan fingerprint density at radius 1 is 1.18 bits per heavy atom. The first kappa shape index (κ1) is 29.0. The number of halogens is 3. The molecule has 0 radical (unpaired) electrons. The maximum absolute atomic E-state index is 15.4. The van der Waals surface area contributed by atoms with Crippen LogP contribution in [0.3, 0.4) is 0 Å². The number of anilines is 1. The molecule has 1 heterocycles. The van der Waals surface area contributed by atoms with Gasteiger partial charge in [-0.15, -0.1) is 11.3 Å². The van der Waals surface area contributed by atoms with Crippen molar-refractivity contribution in [3.63, 3.8) is 0 Å². The van der Waals surface area contributed by atoms with Gasteiger partial charge < -0.3 is 14.6 Å². The number of aliphatic carboxylic acids is 1. The van der Waals surface area contributed by atoms with Crippen molar-refractivity contribution in [3.8, 4) is 11.3 Å². The number of carboxylic acids is 1. The van der Waals surface area contributed by atoms with Crippen molar-refractivity contribution in [2.75, 3.05) is 19.0 Å². The maximum atomic E-state index is 15.4. The Balaban J connectivity index is 1.79. The molecule has 2 N–H and O–H groups in total. The number of carbonyl (C=O) groups is 2. The van der Waals surface area contributed by atoms with E-state index in [4.69, 9.17) is 14.6 Å². The molecule has 1 aromatic heterocycles. The second kappa shape index (κ2) is 12.8. The highest BCUT2D eigenvalue weighted by molar-refractivity contribution is 7.14. The number of thiazole rings is 1. The zero-order valence-electron chi connectivity index (χ0n) is 21.2. The number of carboxylic acid groups (broad SMARTS) is 1. The van der Waals surface area contributed by atoms with E-state index in [1.165, 1.54) is 14.0 Å². The zero-order valence-corrected chi connectivity index (χ0v) is 22.0. The molecule has 11 heteroatoms. The smallest absolute Gasteiger partial charge is 0.331 e. The van der Waals surface area contributed by atoms with E-state index in [1.807, 2.05) is 13.8 Å². The first-order valence-corrected chi connectivity index (χ1v) is 12.5. The molecule has 0 aliphatic carbocycles. The van der Waals surface area contributed by atoms with E-state index in [9.17, 15) is 18.4 Å². The number of methoxy groups -OCH3 is 1. The molecule has 38 heavy (non-hydrogen) atoms. The quantitative estimate of drug-likeness (QED) is 0.267. The topological polar surface area (TPSA) is 97.8 Å². The third kappa shape index (κ3) is 7.06. The highest BCUT2D eigenvalue weighted by Crippen LogP contribution is 2.33. The number of hydrogen-bond acceptors (Lipinski definition) is 6. The Bertz CT molecular complexity index is 1330. The minimum Gasteiger partial charge on any atom is -0.478 e. The number of aromatic nitrogens is 1. The lowest BCUT2D eigenvalue weighted by Crippen LogP contribution is -2.13. The minimum atomic E-state index is -1.33. The molecule has 3 rings (SSSR count). The molecule has 0 fully saturated rings. The fourth-order valence-corrected chi connectivity index (χ4v) is 4.27. The molecule has 2 aromatic carbocycles. The van der Waals surface area contributed by atoms with E-state index in [1.54, 1.807) is 23.6 Å². The highest BCUT2D eigenvalue weighted by atomic mass is 32.1. The largest absolute Gasteiger partial charge is 0.478 e. The molecule has 7 nitrogen and oxygen atoms in total. The van der Waals surface area contributed by atoms with Crippen LogP contribution in [0.15, 0.2) is 41.3 Å². The van der Waals surface area contributed by atoms with E-state index >= 15 is 4.39 Å². The zero-order chi connectivity index (χ0) is 28.0. The van der Waals surface area contributed by atoms with Gasteiger partial charge in [-0.05, 0) is 45.0 Å². The predicted octanol–water partition coefficient (Wildman–Crippen LogP) is 6.47. The van der Waals surface area contributed by atoms with Crippen molar-refractivity contribution in [2.45, 2.75) is 39.4 Å². The molecule has 0 spiro atoms. The Morgan fingerprint density at radius 3 is 2.47 bits per heavy atom. The average molecular weight is 549 g/mol. The molecule has 0 saturated carbocycles. The van der Waals surface area contributed by atoms with Crippen LogP contribution in [-0.2, 0) is 14.3 Å². The number of nitrogens with zero attached hydrogens (tertiary/aromatic N) is 1. The molecule has 3 aromatic rings. The van der Waals surface area contributed by atoms with Gasteiger partial charge in [0.2, 0.25) is 0 Å². The number of amides is 1. The summed E-state index contributed by atoms with van der Waals surface area (Å²) in [6.45, 7) is 5.40. The Labute approximate surface area is 221 Å². The summed E-state index contributed by atoms with van der Waals surface area (Å²) in [5.41, 5.74) is -0.366. The molecule has 1 amide bonds. The summed E-state index contributed by atoms with van der Waals surface area (Å²) in [7, 11) is 1.49. The van der Waals surface area contributed by atoms with Crippen LogP contribution in [0.5, 0.6) is 0 Å². The van der Waals surface area contributed by atoms with Gasteiger partial charge >= 0.3 is 5.97 Å². The van der Waals surface area contributed by atoms with Crippen molar-refractivity contribution < 1.29 is 37.3 Å². The highest BCUT2D eigenvalue weighted by Gasteiger charge is 2.21. The predicted molar refractivity (Wildman–Crippen MR) is 139 cm³/mol. The van der Waals surface area contributed by atoms with Gasteiger partial charge in [0.15, 0.2) is 5.13 Å². The van der Waals surface area contributed by atoms with Crippen LogP contribution in [0.25, 0.3) is 17.3 Å². The summed E-state index contributed by atoms with van der Waals surface area (Å²) < 4.78 is 55.3. The molecule has 0 bridgehead atoms. The van der Waals surface area contributed by atoms with E-state index in [2.05, 4.69) is 10.3 Å². The third-order valence-corrected chi connectivity index (χ3v) is 6.29. The van der Waals surface area contributed by atoms with Crippen molar-refractivity contribution in [3.05, 3.63) is 75.4 Å². The van der Waals surface area contributed by atoms with E-state index in [0.29, 0.717) is 18.6 Å². The second-order valence-corrected chi connectivity index (χ2v) is 9.48. The van der Waals surface area contributed by atoms with Gasteiger partial charge in [0.05, 0.1) is 17.9 Å². The van der Waals surface area contributed by atoms with Gasteiger partial charge in [-0.1, -0.05) is 12.1 Å². The lowest BCUT2D eigenvalue weighted by Gasteiger charge is -2.18. The Kier molecular flexibility index (Phi) is 9.78. The number of carbonyl (C=O) groups excluding carboxylic acids is 1. The standard InChI is InChI=1S/C27H27F3N2O5S/c1-14(2)37-9-8-23(36-4)18-7-5-6-17(24(18)30)22-13-38-27(31-22)32-25(33)16-11-20(28)19(21(29)12-16)10-15(3)26(34)35/h5-7,10-14,23H,8-9H2,1-4H3,(H,34,35)(H,31,32,33)/b15-10+. The average Bonchev–Trinajstić information content (AvgIpc) is 3.32. The fraction of sp³-hybridized carbons (Fsp3) is 0.296. The van der Waals surface area contributed by atoms with Gasteiger partial charge in [0.25, 0.3) is 5.91 Å². The monoisotopic (exact) mass is 548 g/mol. The number of rotatable bonds is 11. The van der Waals surface area contributed by atoms with Crippen LogP contribution in [0.1, 0.15) is 54.8 Å². The van der Waals surface area contributed by atoms with Gasteiger partial charge in [-0.3, -0.25) is 10.1 Å². The normalized spacial score (nSPS) is 12.6. The summed E-state index contributed by atoms with van der Waals surface area (Å²) in [4.78, 5) is 27.8. The number of nitrogens with one attached hydrogen (secondary N) is 1. The van der Waals surface area contributed by atoms with Gasteiger partial charge in [-0.2, -0.15) is 0 Å². The Hall–Kier alpha value is -3.54. The SMILES string of the molecule is COC(CCOC(C)C)c1cccc(-c2csc(NC(=O)c3cc(F)c(/C=C(\C)C(=O)O)c(F)c3)n2)c1F. The molecular weight excluding hydrogens is 521 g/mol. The first-order valence-electron chi connectivity index (χ1n) is 11.6. The van der Waals surface area contributed by atoms with Gasteiger partial charge in [0.1, 0.15) is 17.5 Å². The van der Waals surface area contributed by atoms with Crippen LogP contribution in [0.4, 0.5) is 18.3 Å². The van der Waals surface area contributed by atoms with Crippen molar-refractivity contribution >= 4 is 34.4 Å². The molecular formula is C27H27F3N2O5S. The second-order valence-electron chi connectivity index (χ2n) is 8.62. The number of benzene rings is 2. The number of hydrogen-bond donors (Lipinski definition) is 2. The number of ether oxygens (including phenoxy) is 2. The van der Waals surface area contributed by atoms with E-state index < -0.39 is 41.0 Å². The molecule has 1 unspecified atom stereocenters. The van der Waals surface area contributed by atoms with Crippen LogP contribution in [-0.4, -0.2) is 41.8 Å². The summed E-state index contributed by atoms with van der Waals surface area (Å²) in [5, 5.41) is 13.0.